The molecule has 2 aromatic heterocycles. The minimum atomic E-state index is -3.40. The lowest BCUT2D eigenvalue weighted by atomic mass is 9.82. The highest BCUT2D eigenvalue weighted by Crippen LogP contribution is 2.50. The molecule has 0 aliphatic carbocycles. The molecular weight excluding hydrogens is 422 g/mol. The second-order valence-corrected chi connectivity index (χ2v) is 10.6. The van der Waals surface area contributed by atoms with Crippen LogP contribution in [0.2, 0.25) is 0 Å². The van der Waals surface area contributed by atoms with Gasteiger partial charge in [-0.05, 0) is 43.2 Å². The molecule has 0 radical (unpaired) electrons. The van der Waals surface area contributed by atoms with Crippen LogP contribution in [0.3, 0.4) is 0 Å². The monoisotopic (exact) mass is 449 g/mol. The normalized spacial score (nSPS) is 27.4. The Morgan fingerprint density at radius 2 is 1.81 bits per heavy atom. The fraction of sp³-hybridized carbons (Fsp3) is 0.550. The minimum Gasteiger partial charge on any atom is -0.483 e. The molecule has 0 aromatic carbocycles. The minimum absolute atomic E-state index is 0.0354. The Kier molecular flexibility index (Phi) is 5.52. The van der Waals surface area contributed by atoms with Crippen LogP contribution < -0.4 is 0 Å². The maximum atomic E-state index is 13.5. The van der Waals surface area contributed by atoms with Crippen LogP contribution in [0.15, 0.2) is 24.5 Å². The molecular formula is C20H27N5O5S. The summed E-state index contributed by atoms with van der Waals surface area (Å²) in [5.74, 6) is 0.480. The maximum Gasteiger partial charge on any atom is 0.290 e. The molecule has 11 heteroatoms. The van der Waals surface area contributed by atoms with Crippen molar-refractivity contribution in [3.05, 3.63) is 35.7 Å². The van der Waals surface area contributed by atoms with Gasteiger partial charge >= 0.3 is 0 Å². The van der Waals surface area contributed by atoms with Crippen molar-refractivity contribution < 1.29 is 23.1 Å². The maximum absolute atomic E-state index is 13.5. The zero-order valence-electron chi connectivity index (χ0n) is 17.7. The zero-order valence-corrected chi connectivity index (χ0v) is 18.6. The molecule has 31 heavy (non-hydrogen) atoms. The molecule has 0 spiro atoms. The SMILES string of the molecule is Cc1cccn2ncc(C(=O)N3[C@@H]4CC[C@H]3[C@H]3CN(S(=O)(=O)N(C)C)C[C@H]34)c12.O=CO. The average Bonchev–Trinajstić information content (AvgIpc) is 3.47. The van der Waals surface area contributed by atoms with E-state index in [9.17, 15) is 13.2 Å². The number of amides is 1. The Morgan fingerprint density at radius 3 is 2.35 bits per heavy atom. The highest BCUT2D eigenvalue weighted by Gasteiger charge is 2.59. The van der Waals surface area contributed by atoms with Crippen molar-refractivity contribution in [3.63, 3.8) is 0 Å². The highest BCUT2D eigenvalue weighted by molar-refractivity contribution is 7.86. The van der Waals surface area contributed by atoms with Crippen LogP contribution in [0.5, 0.6) is 0 Å². The standard InChI is InChI=1S/C19H25N5O3S.CH2O2/c1-12-5-4-8-23-18(12)13(9-20-23)19(25)24-16-6-7-17(24)15-11-22(10-14(15)16)28(26,27)21(2)3;2-1-3/h4-5,8-9,14-17H,6-7,10-11H2,1-3H3;1H,(H,2,3)/t14-,15+,16-,17+;. The Balaban J connectivity index is 0.000000730. The van der Waals surface area contributed by atoms with Gasteiger partial charge in [-0.2, -0.15) is 22.1 Å². The number of hydrogen-bond donors (Lipinski definition) is 1. The lowest BCUT2D eigenvalue weighted by molar-refractivity contribution is -0.122. The van der Waals surface area contributed by atoms with Gasteiger partial charge in [-0.15, -0.1) is 0 Å². The lowest BCUT2D eigenvalue weighted by Crippen LogP contribution is -2.43. The second kappa shape index (κ2) is 7.88. The lowest BCUT2D eigenvalue weighted by Gasteiger charge is -2.28. The molecule has 3 aliphatic rings. The van der Waals surface area contributed by atoms with Crippen LogP contribution in [-0.4, -0.2) is 88.3 Å². The number of carboxylic acid groups (broad SMARTS) is 1. The van der Waals surface area contributed by atoms with E-state index in [0.29, 0.717) is 18.7 Å². The van der Waals surface area contributed by atoms with Gasteiger partial charge in [-0.3, -0.25) is 9.59 Å². The first kappa shape index (κ1) is 21.7. The molecule has 3 aliphatic heterocycles. The highest BCUT2D eigenvalue weighted by atomic mass is 32.2. The van der Waals surface area contributed by atoms with Gasteiger partial charge in [0.2, 0.25) is 0 Å². The number of pyridine rings is 1. The van der Waals surface area contributed by atoms with Gasteiger partial charge in [0.15, 0.2) is 0 Å². The Labute approximate surface area is 181 Å². The average molecular weight is 450 g/mol. The van der Waals surface area contributed by atoms with Crippen LogP contribution in [-0.2, 0) is 15.0 Å². The number of hydrogen-bond acceptors (Lipinski definition) is 5. The fourth-order valence-corrected chi connectivity index (χ4v) is 6.75. The van der Waals surface area contributed by atoms with Gasteiger partial charge in [-0.25, -0.2) is 4.52 Å². The molecule has 168 valence electrons. The van der Waals surface area contributed by atoms with E-state index < -0.39 is 10.2 Å². The van der Waals surface area contributed by atoms with Crippen molar-refractivity contribution in [2.24, 2.45) is 11.8 Å². The molecule has 3 fully saturated rings. The van der Waals surface area contributed by atoms with E-state index in [1.54, 1.807) is 29.1 Å². The Hall–Kier alpha value is -2.50. The third kappa shape index (κ3) is 3.31. The van der Waals surface area contributed by atoms with Crippen LogP contribution >= 0.6 is 0 Å². The quantitative estimate of drug-likeness (QED) is 0.689. The molecule has 1 N–H and O–H groups in total. The third-order valence-corrected chi connectivity index (χ3v) is 8.71. The molecule has 5 heterocycles. The van der Waals surface area contributed by atoms with E-state index >= 15 is 0 Å². The van der Waals surface area contributed by atoms with Crippen molar-refractivity contribution in [1.29, 1.82) is 0 Å². The number of nitrogens with zero attached hydrogens (tertiary/aromatic N) is 5. The van der Waals surface area contributed by atoms with Crippen molar-refractivity contribution in [1.82, 2.24) is 23.1 Å². The molecule has 3 saturated heterocycles. The zero-order chi connectivity index (χ0) is 22.5. The van der Waals surface area contributed by atoms with Crippen molar-refractivity contribution in [2.75, 3.05) is 27.2 Å². The van der Waals surface area contributed by atoms with E-state index in [1.165, 1.54) is 4.31 Å². The van der Waals surface area contributed by atoms with Gasteiger partial charge in [-0.1, -0.05) is 6.07 Å². The van der Waals surface area contributed by atoms with Crippen LogP contribution in [0.25, 0.3) is 5.52 Å². The van der Waals surface area contributed by atoms with Gasteiger partial charge in [0.05, 0.1) is 17.3 Å². The van der Waals surface area contributed by atoms with E-state index in [-0.39, 0.29) is 36.3 Å². The first-order valence-electron chi connectivity index (χ1n) is 10.2. The van der Waals surface area contributed by atoms with Crippen LogP contribution in [0, 0.1) is 18.8 Å². The van der Waals surface area contributed by atoms with Crippen LogP contribution in [0.4, 0.5) is 0 Å². The number of carbonyl (C=O) groups is 2. The summed E-state index contributed by atoms with van der Waals surface area (Å²) < 4.78 is 29.7. The first-order chi connectivity index (χ1) is 14.7. The number of fused-ring (bicyclic) bond motifs is 6. The molecule has 2 aromatic rings. The second-order valence-electron chi connectivity index (χ2n) is 8.51. The number of carbonyl (C=O) groups excluding carboxylic acids is 1. The summed E-state index contributed by atoms with van der Waals surface area (Å²) in [5.41, 5.74) is 2.53. The molecule has 0 unspecified atom stereocenters. The summed E-state index contributed by atoms with van der Waals surface area (Å²) in [7, 11) is -0.262. The molecule has 0 saturated carbocycles. The number of rotatable bonds is 3. The van der Waals surface area contributed by atoms with Crippen LogP contribution in [0.1, 0.15) is 28.8 Å². The molecule has 2 bridgehead atoms. The largest absolute Gasteiger partial charge is 0.483 e. The van der Waals surface area contributed by atoms with E-state index in [2.05, 4.69) is 5.10 Å². The molecule has 10 nitrogen and oxygen atoms in total. The summed E-state index contributed by atoms with van der Waals surface area (Å²) in [6.45, 7) is 2.75. The summed E-state index contributed by atoms with van der Waals surface area (Å²) in [5, 5.41) is 11.2. The number of aromatic nitrogens is 2. The molecule has 1 amide bonds. The summed E-state index contributed by atoms with van der Waals surface area (Å²) in [6.07, 6.45) is 5.43. The third-order valence-electron chi connectivity index (χ3n) is 6.84. The van der Waals surface area contributed by atoms with E-state index in [1.807, 2.05) is 30.2 Å². The molecule has 5 rings (SSSR count). The van der Waals surface area contributed by atoms with Crippen molar-refractivity contribution in [3.8, 4) is 0 Å². The van der Waals surface area contributed by atoms with Gasteiger partial charge in [0.25, 0.3) is 22.6 Å². The summed E-state index contributed by atoms with van der Waals surface area (Å²) in [4.78, 5) is 23.9. The van der Waals surface area contributed by atoms with Crippen molar-refractivity contribution >= 4 is 28.1 Å². The predicted octanol–water partition coefficient (Wildman–Crippen LogP) is 0.685. The van der Waals surface area contributed by atoms with E-state index in [0.717, 1.165) is 23.9 Å². The van der Waals surface area contributed by atoms with Gasteiger partial charge in [0.1, 0.15) is 0 Å². The summed E-state index contributed by atoms with van der Waals surface area (Å²) in [6, 6.07) is 4.14. The topological polar surface area (TPSA) is 116 Å². The van der Waals surface area contributed by atoms with Gasteiger partial charge in [0, 0.05) is 45.5 Å². The van der Waals surface area contributed by atoms with Gasteiger partial charge < -0.3 is 10.0 Å². The fourth-order valence-electron chi connectivity index (χ4n) is 5.57. The smallest absolute Gasteiger partial charge is 0.290 e. The van der Waals surface area contributed by atoms with E-state index in [4.69, 9.17) is 9.90 Å². The Morgan fingerprint density at radius 1 is 1.23 bits per heavy atom. The van der Waals surface area contributed by atoms with Crippen molar-refractivity contribution in [2.45, 2.75) is 31.8 Å². The molecule has 4 atom stereocenters. The summed E-state index contributed by atoms with van der Waals surface area (Å²) >= 11 is 0. The Bertz CT molecular complexity index is 1090. The first-order valence-corrected chi connectivity index (χ1v) is 11.6. The number of aryl methyl sites for hydroxylation is 1. The predicted molar refractivity (Wildman–Crippen MR) is 113 cm³/mol.